The van der Waals surface area contributed by atoms with Crippen LogP contribution in [0, 0.1) is 26.0 Å². The molecule has 4 aromatic heterocycles. The van der Waals surface area contributed by atoms with E-state index in [0.29, 0.717) is 0 Å². The van der Waals surface area contributed by atoms with Gasteiger partial charge in [0.05, 0.1) is 16.8 Å². The van der Waals surface area contributed by atoms with E-state index in [1.165, 1.54) is 41.8 Å². The summed E-state index contributed by atoms with van der Waals surface area (Å²) in [6.45, 7) is 7.10. The second-order valence-electron chi connectivity index (χ2n) is 8.87. The Kier molecular flexibility index (Phi) is 11.5. The molecular weight excluding hydrogens is 713 g/mol. The van der Waals surface area contributed by atoms with Crippen molar-refractivity contribution in [3.8, 4) is 21.1 Å². The zero-order valence-corrected chi connectivity index (χ0v) is 26.6. The van der Waals surface area contributed by atoms with Crippen LogP contribution in [0.15, 0.2) is 95.4 Å². The van der Waals surface area contributed by atoms with Crippen molar-refractivity contribution in [3.05, 3.63) is 119 Å². The quantitative estimate of drug-likeness (QED) is 0.112. The number of carbonyl (C=O) groups is 1. The third-order valence-corrected chi connectivity index (χ3v) is 7.33. The first-order chi connectivity index (χ1) is 18.8. The van der Waals surface area contributed by atoms with Crippen LogP contribution in [-0.2, 0) is 24.9 Å². The number of hydrogen-bond donors (Lipinski definition) is 1. The second-order valence-corrected chi connectivity index (χ2v) is 10.7. The van der Waals surface area contributed by atoms with Gasteiger partial charge in [0.25, 0.3) is 0 Å². The van der Waals surface area contributed by atoms with E-state index in [9.17, 15) is 4.79 Å². The minimum atomic E-state index is -0.125. The van der Waals surface area contributed by atoms with Crippen molar-refractivity contribution in [1.82, 2.24) is 9.97 Å². The van der Waals surface area contributed by atoms with Crippen molar-refractivity contribution in [2.75, 3.05) is 0 Å². The molecule has 0 bridgehead atoms. The van der Waals surface area contributed by atoms with Crippen molar-refractivity contribution in [3.63, 3.8) is 0 Å². The van der Waals surface area contributed by atoms with Crippen LogP contribution in [0.5, 0.6) is 0 Å². The van der Waals surface area contributed by atoms with Gasteiger partial charge in [0, 0.05) is 37.0 Å². The summed E-state index contributed by atoms with van der Waals surface area (Å²) in [5.74, 6) is -0.0625. The first-order valence-corrected chi connectivity index (χ1v) is 14.1. The molecule has 1 N–H and O–H groups in total. The summed E-state index contributed by atoms with van der Waals surface area (Å²) in [7, 11) is 0. The maximum absolute atomic E-state index is 10.0. The minimum Gasteiger partial charge on any atom is -0.512 e. The molecular formula is C33H28IrN2O2S2-2. The van der Waals surface area contributed by atoms with Crippen molar-refractivity contribution < 1.29 is 30.0 Å². The van der Waals surface area contributed by atoms with Gasteiger partial charge in [-0.3, -0.25) is 4.79 Å². The normalized spacial score (nSPS) is 10.7. The van der Waals surface area contributed by atoms with E-state index in [-0.39, 0.29) is 31.6 Å². The molecule has 0 amide bonds. The minimum absolute atomic E-state index is 0. The molecule has 0 aliphatic heterocycles. The van der Waals surface area contributed by atoms with Gasteiger partial charge in [-0.25, -0.2) is 22.7 Å². The fraction of sp³-hybridized carbons (Fsp3) is 0.121. The fourth-order valence-corrected chi connectivity index (χ4v) is 5.25. The Hall–Kier alpha value is -3.48. The number of aliphatic hydroxyl groups is 1. The third kappa shape index (κ3) is 8.26. The molecule has 7 heteroatoms. The van der Waals surface area contributed by atoms with Gasteiger partial charge < -0.3 is 15.1 Å². The number of rotatable bonds is 3. The molecule has 4 heterocycles. The second kappa shape index (κ2) is 14.8. The van der Waals surface area contributed by atoms with Crippen LogP contribution in [0.4, 0.5) is 0 Å². The zero-order chi connectivity index (χ0) is 27.8. The molecule has 0 saturated heterocycles. The molecule has 0 saturated carbocycles. The van der Waals surface area contributed by atoms with E-state index in [2.05, 4.69) is 72.3 Å². The van der Waals surface area contributed by atoms with Crippen LogP contribution >= 0.6 is 22.7 Å². The number of hydrogen-bond acceptors (Lipinski definition) is 6. The number of pyridine rings is 2. The standard InChI is InChI=1S/2C14H10NS.C5H8O2.Ir/c2*1-10-9-13(14-7-4-8-16-14)15-12-6-3-2-5-11(10)12;1-4(6)3-5(2)7;/h2*2-6,8-9H,1H3;3,6H,1-2H3;/q2*-1;;. The number of aryl methyl sites for hydroxylation is 2. The van der Waals surface area contributed by atoms with Crippen molar-refractivity contribution >= 4 is 50.3 Å². The number of fused-ring (bicyclic) bond motifs is 2. The third-order valence-electron chi connectivity index (χ3n) is 5.66. The predicted octanol–water partition coefficient (Wildman–Crippen LogP) is 9.18. The summed E-state index contributed by atoms with van der Waals surface area (Å²) in [5.41, 5.74) is 6.68. The number of nitrogens with zero attached hydrogens (tertiary/aromatic N) is 2. The van der Waals surface area contributed by atoms with Crippen LogP contribution in [-0.4, -0.2) is 20.9 Å². The van der Waals surface area contributed by atoms with E-state index in [4.69, 9.17) is 5.11 Å². The predicted molar refractivity (Wildman–Crippen MR) is 164 cm³/mol. The summed E-state index contributed by atoms with van der Waals surface area (Å²) in [6, 6.07) is 31.0. The van der Waals surface area contributed by atoms with E-state index in [1.807, 2.05) is 47.2 Å². The monoisotopic (exact) mass is 741 g/mol. The summed E-state index contributed by atoms with van der Waals surface area (Å²) in [5, 5.41) is 14.9. The SMILES string of the molecule is CC(=O)C=C(C)O.Cc1cc(-c2[c-]ccs2)nc2ccccc12.Cc1cc(-c2[c-]ccs2)nc2ccccc12.[Ir]. The largest absolute Gasteiger partial charge is 0.512 e. The van der Waals surface area contributed by atoms with Gasteiger partial charge in [0.1, 0.15) is 0 Å². The Morgan fingerprint density at radius 2 is 1.20 bits per heavy atom. The number of carbonyl (C=O) groups excluding carboxylic acids is 1. The molecule has 0 fully saturated rings. The molecule has 6 aromatic rings. The number of allylic oxidation sites excluding steroid dienone is 2. The van der Waals surface area contributed by atoms with Crippen LogP contribution in [0.2, 0.25) is 0 Å². The number of aromatic nitrogens is 2. The van der Waals surface area contributed by atoms with Gasteiger partial charge in [-0.2, -0.15) is 24.3 Å². The average Bonchev–Trinajstić information content (AvgIpc) is 3.64. The zero-order valence-electron chi connectivity index (χ0n) is 22.6. The average molecular weight is 741 g/mol. The van der Waals surface area contributed by atoms with Crippen LogP contribution in [0.3, 0.4) is 0 Å². The van der Waals surface area contributed by atoms with Crippen molar-refractivity contribution in [1.29, 1.82) is 0 Å². The number of ketones is 1. The summed E-state index contributed by atoms with van der Waals surface area (Å²) in [4.78, 5) is 21.5. The van der Waals surface area contributed by atoms with Gasteiger partial charge in [-0.05, 0) is 51.2 Å². The van der Waals surface area contributed by atoms with Gasteiger partial charge in [0.15, 0.2) is 5.78 Å². The summed E-state index contributed by atoms with van der Waals surface area (Å²) < 4.78 is 0. The van der Waals surface area contributed by atoms with E-state index in [0.717, 1.165) is 32.2 Å². The molecule has 0 spiro atoms. The number of benzene rings is 2. The Morgan fingerprint density at radius 1 is 0.775 bits per heavy atom. The van der Waals surface area contributed by atoms with Crippen LogP contribution in [0.25, 0.3) is 42.9 Å². The van der Waals surface area contributed by atoms with E-state index < -0.39 is 0 Å². The summed E-state index contributed by atoms with van der Waals surface area (Å²) >= 11 is 3.35. The number of aliphatic hydroxyl groups excluding tert-OH is 1. The number of thiophene rings is 2. The topological polar surface area (TPSA) is 63.1 Å². The van der Waals surface area contributed by atoms with E-state index in [1.54, 1.807) is 22.7 Å². The maximum Gasteiger partial charge on any atom is 0.155 e. The maximum atomic E-state index is 10.0. The Morgan fingerprint density at radius 3 is 1.52 bits per heavy atom. The molecule has 0 aliphatic rings. The Bertz CT molecular complexity index is 1610. The van der Waals surface area contributed by atoms with Gasteiger partial charge in [0.2, 0.25) is 0 Å². The van der Waals surface area contributed by atoms with Crippen LogP contribution < -0.4 is 0 Å². The molecule has 40 heavy (non-hydrogen) atoms. The molecule has 1 radical (unpaired) electrons. The van der Waals surface area contributed by atoms with Crippen molar-refractivity contribution in [2.24, 2.45) is 0 Å². The van der Waals surface area contributed by atoms with Crippen molar-refractivity contribution in [2.45, 2.75) is 27.7 Å². The molecule has 2 aromatic carbocycles. The molecule has 4 nitrogen and oxygen atoms in total. The Labute approximate surface area is 256 Å². The van der Waals surface area contributed by atoms with E-state index >= 15 is 0 Å². The molecule has 205 valence electrons. The smallest absolute Gasteiger partial charge is 0.155 e. The fourth-order valence-electron chi connectivity index (χ4n) is 3.99. The van der Waals surface area contributed by atoms with Gasteiger partial charge in [-0.15, -0.1) is 10.8 Å². The first-order valence-electron chi connectivity index (χ1n) is 12.3. The number of para-hydroxylation sites is 2. The summed E-state index contributed by atoms with van der Waals surface area (Å²) in [6.07, 6.45) is 1.17. The van der Waals surface area contributed by atoms with Crippen LogP contribution in [0.1, 0.15) is 25.0 Å². The van der Waals surface area contributed by atoms with Gasteiger partial charge >= 0.3 is 0 Å². The first kappa shape index (κ1) is 31.1. The molecule has 6 rings (SSSR count). The molecule has 0 unspecified atom stereocenters. The molecule has 0 atom stereocenters. The van der Waals surface area contributed by atoms with Gasteiger partial charge in [-0.1, -0.05) is 69.4 Å². The molecule has 0 aliphatic carbocycles. The Balaban J connectivity index is 0.000000177.